The van der Waals surface area contributed by atoms with Gasteiger partial charge in [-0.15, -0.1) is 0 Å². The monoisotopic (exact) mass is 351 g/mol. The third-order valence-corrected chi connectivity index (χ3v) is 3.23. The van der Waals surface area contributed by atoms with E-state index in [1.807, 2.05) is 26.0 Å². The highest BCUT2D eigenvalue weighted by molar-refractivity contribution is 9.10. The van der Waals surface area contributed by atoms with Crippen molar-refractivity contribution in [3.8, 4) is 11.6 Å². The van der Waals surface area contributed by atoms with Crippen LogP contribution in [-0.2, 0) is 0 Å². The average molecular weight is 352 g/mol. The largest absolute Gasteiger partial charge is 0.433 e. The molecule has 2 aromatic rings. The van der Waals surface area contributed by atoms with Crippen LogP contribution in [0.1, 0.15) is 12.5 Å². The van der Waals surface area contributed by atoms with Gasteiger partial charge in [0.05, 0.1) is 4.92 Å². The second-order valence-electron chi connectivity index (χ2n) is 4.32. The zero-order chi connectivity index (χ0) is 15.4. The van der Waals surface area contributed by atoms with Crippen LogP contribution >= 0.6 is 15.9 Å². The van der Waals surface area contributed by atoms with Gasteiger partial charge in [-0.2, -0.15) is 4.98 Å². The lowest BCUT2D eigenvalue weighted by molar-refractivity contribution is -0.386. The maximum atomic E-state index is 11.1. The van der Waals surface area contributed by atoms with Crippen molar-refractivity contribution in [3.63, 3.8) is 0 Å². The van der Waals surface area contributed by atoms with Gasteiger partial charge in [0.1, 0.15) is 11.6 Å². The van der Waals surface area contributed by atoms with Gasteiger partial charge in [0.25, 0.3) is 0 Å². The molecule has 0 saturated carbocycles. The fourth-order valence-corrected chi connectivity index (χ4v) is 2.23. The molecule has 110 valence electrons. The SMILES string of the molecule is CCNc1ccc([N+](=O)[O-])c(Oc2ccc(Br)cc2C)n1. The Morgan fingerprint density at radius 1 is 1.38 bits per heavy atom. The number of aromatic nitrogens is 1. The van der Waals surface area contributed by atoms with Crippen LogP contribution < -0.4 is 10.1 Å². The molecule has 2 rings (SSSR count). The van der Waals surface area contributed by atoms with Crippen LogP contribution in [0.4, 0.5) is 11.5 Å². The molecular formula is C14H14BrN3O3. The normalized spacial score (nSPS) is 10.2. The summed E-state index contributed by atoms with van der Waals surface area (Å²) in [5.74, 6) is 1.04. The van der Waals surface area contributed by atoms with Crippen LogP contribution in [0.3, 0.4) is 0 Å². The summed E-state index contributed by atoms with van der Waals surface area (Å²) in [4.78, 5) is 14.7. The topological polar surface area (TPSA) is 77.3 Å². The molecule has 1 aromatic heterocycles. The van der Waals surface area contributed by atoms with Gasteiger partial charge in [-0.25, -0.2) is 0 Å². The summed E-state index contributed by atoms with van der Waals surface area (Å²) in [6, 6.07) is 8.36. The van der Waals surface area contributed by atoms with Gasteiger partial charge in [-0.1, -0.05) is 15.9 Å². The molecule has 0 fully saturated rings. The number of aryl methyl sites for hydroxylation is 1. The summed E-state index contributed by atoms with van der Waals surface area (Å²) in [7, 11) is 0. The standard InChI is InChI=1S/C14H14BrN3O3/c1-3-16-13-7-5-11(18(19)20)14(17-13)21-12-6-4-10(15)8-9(12)2/h4-8H,3H2,1-2H3,(H,16,17). The predicted molar refractivity (Wildman–Crippen MR) is 84.0 cm³/mol. The number of nitrogens with one attached hydrogen (secondary N) is 1. The van der Waals surface area contributed by atoms with Crippen molar-refractivity contribution in [1.29, 1.82) is 0 Å². The molecule has 7 heteroatoms. The van der Waals surface area contributed by atoms with Crippen molar-refractivity contribution in [2.45, 2.75) is 13.8 Å². The van der Waals surface area contributed by atoms with Crippen LogP contribution in [0.15, 0.2) is 34.8 Å². The number of rotatable bonds is 5. The van der Waals surface area contributed by atoms with Crippen molar-refractivity contribution >= 4 is 27.4 Å². The van der Waals surface area contributed by atoms with E-state index in [4.69, 9.17) is 4.74 Å². The lowest BCUT2D eigenvalue weighted by Crippen LogP contribution is -2.02. The highest BCUT2D eigenvalue weighted by atomic mass is 79.9. The quantitative estimate of drug-likeness (QED) is 0.642. The summed E-state index contributed by atoms with van der Waals surface area (Å²) >= 11 is 3.36. The minimum atomic E-state index is -0.508. The smallest absolute Gasteiger partial charge is 0.331 e. The van der Waals surface area contributed by atoms with E-state index in [9.17, 15) is 10.1 Å². The molecule has 0 radical (unpaired) electrons. The van der Waals surface area contributed by atoms with Gasteiger partial charge in [0.15, 0.2) is 0 Å². The van der Waals surface area contributed by atoms with E-state index >= 15 is 0 Å². The zero-order valence-corrected chi connectivity index (χ0v) is 13.2. The van der Waals surface area contributed by atoms with Crippen LogP contribution in [-0.4, -0.2) is 16.5 Å². The maximum Gasteiger partial charge on any atom is 0.331 e. The van der Waals surface area contributed by atoms with Crippen LogP contribution in [0, 0.1) is 17.0 Å². The van der Waals surface area contributed by atoms with E-state index in [1.54, 1.807) is 12.1 Å². The molecule has 21 heavy (non-hydrogen) atoms. The number of nitrogens with zero attached hydrogens (tertiary/aromatic N) is 2. The zero-order valence-electron chi connectivity index (χ0n) is 11.6. The van der Waals surface area contributed by atoms with E-state index in [0.717, 1.165) is 10.0 Å². The third-order valence-electron chi connectivity index (χ3n) is 2.74. The van der Waals surface area contributed by atoms with Gasteiger partial charge >= 0.3 is 11.6 Å². The average Bonchev–Trinajstić information content (AvgIpc) is 2.42. The lowest BCUT2D eigenvalue weighted by Gasteiger charge is -2.10. The molecule has 0 aliphatic carbocycles. The number of nitro groups is 1. The highest BCUT2D eigenvalue weighted by Gasteiger charge is 2.19. The first kappa shape index (κ1) is 15.2. The Bertz CT molecular complexity index is 677. The van der Waals surface area contributed by atoms with E-state index in [0.29, 0.717) is 18.1 Å². The fourth-order valence-electron chi connectivity index (χ4n) is 1.76. The predicted octanol–water partition coefficient (Wildman–Crippen LogP) is 4.28. The third kappa shape index (κ3) is 3.69. The molecule has 0 spiro atoms. The first-order valence-electron chi connectivity index (χ1n) is 6.34. The molecule has 1 N–H and O–H groups in total. The number of halogens is 1. The molecule has 1 heterocycles. The summed E-state index contributed by atoms with van der Waals surface area (Å²) in [5, 5.41) is 14.1. The van der Waals surface area contributed by atoms with Gasteiger partial charge in [0.2, 0.25) is 0 Å². The van der Waals surface area contributed by atoms with Crippen LogP contribution in [0.2, 0.25) is 0 Å². The molecule has 0 saturated heterocycles. The molecule has 0 atom stereocenters. The van der Waals surface area contributed by atoms with E-state index in [1.165, 1.54) is 6.07 Å². The Morgan fingerprint density at radius 3 is 2.76 bits per heavy atom. The molecule has 6 nitrogen and oxygen atoms in total. The van der Waals surface area contributed by atoms with Gasteiger partial charge < -0.3 is 10.1 Å². The first-order chi connectivity index (χ1) is 10.0. The second kappa shape index (κ2) is 6.53. The van der Waals surface area contributed by atoms with Crippen molar-refractivity contribution < 1.29 is 9.66 Å². The summed E-state index contributed by atoms with van der Waals surface area (Å²) in [6.07, 6.45) is 0. The Hall–Kier alpha value is -2.15. The summed E-state index contributed by atoms with van der Waals surface area (Å²) in [6.45, 7) is 4.45. The Morgan fingerprint density at radius 2 is 2.14 bits per heavy atom. The van der Waals surface area contributed by atoms with Crippen molar-refractivity contribution in [2.75, 3.05) is 11.9 Å². The molecular weight excluding hydrogens is 338 g/mol. The van der Waals surface area contributed by atoms with Crippen molar-refractivity contribution in [3.05, 3.63) is 50.5 Å². The van der Waals surface area contributed by atoms with Crippen LogP contribution in [0.5, 0.6) is 11.6 Å². The molecule has 0 aliphatic heterocycles. The van der Waals surface area contributed by atoms with Gasteiger partial charge in [0, 0.05) is 17.1 Å². The van der Waals surface area contributed by atoms with Crippen molar-refractivity contribution in [1.82, 2.24) is 4.98 Å². The lowest BCUT2D eigenvalue weighted by atomic mass is 10.2. The molecule has 0 bridgehead atoms. The summed E-state index contributed by atoms with van der Waals surface area (Å²) in [5.41, 5.74) is 0.688. The van der Waals surface area contributed by atoms with Crippen molar-refractivity contribution in [2.24, 2.45) is 0 Å². The maximum absolute atomic E-state index is 11.1. The first-order valence-corrected chi connectivity index (χ1v) is 7.14. The molecule has 0 aliphatic rings. The van der Waals surface area contributed by atoms with E-state index < -0.39 is 4.92 Å². The number of pyridine rings is 1. The Balaban J connectivity index is 2.40. The Kier molecular flexibility index (Phi) is 4.74. The van der Waals surface area contributed by atoms with E-state index in [-0.39, 0.29) is 11.6 Å². The minimum Gasteiger partial charge on any atom is -0.433 e. The Labute approximate surface area is 130 Å². The molecule has 1 aromatic carbocycles. The molecule has 0 unspecified atom stereocenters. The van der Waals surface area contributed by atoms with Crippen LogP contribution in [0.25, 0.3) is 0 Å². The second-order valence-corrected chi connectivity index (χ2v) is 5.24. The minimum absolute atomic E-state index is 0.0242. The van der Waals surface area contributed by atoms with Gasteiger partial charge in [-0.3, -0.25) is 10.1 Å². The van der Waals surface area contributed by atoms with E-state index in [2.05, 4.69) is 26.2 Å². The number of hydrogen-bond acceptors (Lipinski definition) is 5. The summed E-state index contributed by atoms with van der Waals surface area (Å²) < 4.78 is 6.54. The fraction of sp³-hybridized carbons (Fsp3) is 0.214. The van der Waals surface area contributed by atoms with Gasteiger partial charge in [-0.05, 0) is 43.7 Å². The number of ether oxygens (including phenoxy) is 1. The number of anilines is 1. The highest BCUT2D eigenvalue weighted by Crippen LogP contribution is 2.33. The molecule has 0 amide bonds. The number of benzene rings is 1. The number of hydrogen-bond donors (Lipinski definition) is 1.